The summed E-state index contributed by atoms with van der Waals surface area (Å²) in [4.78, 5) is 10.6. The lowest BCUT2D eigenvalue weighted by Gasteiger charge is -2.31. The maximum Gasteiger partial charge on any atom is 0.317 e. The largest absolute Gasteiger partial charge is 0.480 e. The van der Waals surface area contributed by atoms with Crippen LogP contribution in [0, 0.1) is 24.1 Å². The van der Waals surface area contributed by atoms with E-state index in [-0.39, 0.29) is 12.4 Å². The lowest BCUT2D eigenvalue weighted by molar-refractivity contribution is -0.135. The number of benzene rings is 2. The molecule has 6 heteroatoms. The van der Waals surface area contributed by atoms with Crippen molar-refractivity contribution in [3.05, 3.63) is 70.0 Å². The van der Waals surface area contributed by atoms with Gasteiger partial charge in [0.25, 0.3) is 0 Å². The van der Waals surface area contributed by atoms with Gasteiger partial charge in [-0.3, -0.25) is 4.79 Å². The molecule has 2 aromatic carbocycles. The molecule has 27 heavy (non-hydrogen) atoms. The van der Waals surface area contributed by atoms with Crippen LogP contribution in [0.15, 0.2) is 36.4 Å². The van der Waals surface area contributed by atoms with Crippen molar-refractivity contribution in [2.75, 3.05) is 13.1 Å². The molecular formula is C21H21FN2O3. The van der Waals surface area contributed by atoms with Crippen molar-refractivity contribution in [3.63, 3.8) is 0 Å². The zero-order valence-electron chi connectivity index (χ0n) is 15.1. The highest BCUT2D eigenvalue weighted by atomic mass is 19.1. The van der Waals surface area contributed by atoms with E-state index in [9.17, 15) is 9.18 Å². The molecule has 0 amide bonds. The highest BCUT2D eigenvalue weighted by Crippen LogP contribution is 2.45. The Bertz CT molecular complexity index is 907. The molecule has 140 valence electrons. The number of hydrogen-bond donors (Lipinski definition) is 2. The highest BCUT2D eigenvalue weighted by molar-refractivity contribution is 5.68. The van der Waals surface area contributed by atoms with Crippen LogP contribution in [0.2, 0.25) is 0 Å². The number of halogens is 1. The summed E-state index contributed by atoms with van der Waals surface area (Å²) in [5.74, 6) is -1.17. The van der Waals surface area contributed by atoms with Gasteiger partial charge in [-0.2, -0.15) is 5.26 Å². The smallest absolute Gasteiger partial charge is 0.317 e. The average molecular weight is 368 g/mol. The summed E-state index contributed by atoms with van der Waals surface area (Å²) >= 11 is 0. The molecule has 0 spiro atoms. The van der Waals surface area contributed by atoms with Crippen LogP contribution >= 0.6 is 0 Å². The summed E-state index contributed by atoms with van der Waals surface area (Å²) in [5, 5.41) is 20.8. The van der Waals surface area contributed by atoms with E-state index in [1.54, 1.807) is 25.1 Å². The van der Waals surface area contributed by atoms with Gasteiger partial charge in [-0.05, 0) is 72.8 Å². The van der Waals surface area contributed by atoms with Gasteiger partial charge < -0.3 is 15.2 Å². The normalized spacial score (nSPS) is 18.1. The standard InChI is InChI=1S/C21H21FN2O3/c1-14-9-17(4-6-19(14)22)21(7-2-8-24-12-20(25)26)18-5-3-15(11-23)10-16(18)13-27-21/h3-6,9-10,24H,2,7-8,12-13H2,1H3,(H,25,26). The predicted octanol–water partition coefficient (Wildman–Crippen LogP) is 3.23. The molecule has 5 nitrogen and oxygen atoms in total. The molecule has 0 aliphatic carbocycles. The first-order chi connectivity index (χ1) is 13.0. The van der Waals surface area contributed by atoms with Crippen LogP contribution in [-0.4, -0.2) is 24.2 Å². The molecule has 1 heterocycles. The van der Waals surface area contributed by atoms with E-state index < -0.39 is 11.6 Å². The van der Waals surface area contributed by atoms with Crippen LogP contribution in [-0.2, 0) is 21.7 Å². The van der Waals surface area contributed by atoms with Crippen molar-refractivity contribution in [2.24, 2.45) is 0 Å². The van der Waals surface area contributed by atoms with Crippen molar-refractivity contribution in [1.29, 1.82) is 5.26 Å². The highest BCUT2D eigenvalue weighted by Gasteiger charge is 2.41. The van der Waals surface area contributed by atoms with Gasteiger partial charge in [0.15, 0.2) is 0 Å². The van der Waals surface area contributed by atoms with Gasteiger partial charge in [-0.15, -0.1) is 0 Å². The molecule has 0 radical (unpaired) electrons. The Balaban J connectivity index is 1.93. The monoisotopic (exact) mass is 368 g/mol. The van der Waals surface area contributed by atoms with E-state index in [2.05, 4.69) is 11.4 Å². The van der Waals surface area contributed by atoms with Gasteiger partial charge in [0.05, 0.1) is 24.8 Å². The first-order valence-corrected chi connectivity index (χ1v) is 8.83. The van der Waals surface area contributed by atoms with Crippen LogP contribution in [0.25, 0.3) is 0 Å². The van der Waals surface area contributed by atoms with E-state index in [0.29, 0.717) is 37.1 Å². The summed E-state index contributed by atoms with van der Waals surface area (Å²) in [7, 11) is 0. The molecule has 2 aromatic rings. The van der Waals surface area contributed by atoms with Gasteiger partial charge in [0, 0.05) is 0 Å². The Morgan fingerprint density at radius 3 is 2.89 bits per heavy atom. The Labute approximate surface area is 157 Å². The van der Waals surface area contributed by atoms with Crippen LogP contribution in [0.5, 0.6) is 0 Å². The number of aryl methyl sites for hydroxylation is 1. The summed E-state index contributed by atoms with van der Waals surface area (Å²) in [6, 6.07) is 12.6. The molecular weight excluding hydrogens is 347 g/mol. The molecule has 0 fully saturated rings. The zero-order valence-corrected chi connectivity index (χ0v) is 15.1. The van der Waals surface area contributed by atoms with Crippen LogP contribution in [0.3, 0.4) is 0 Å². The molecule has 1 aliphatic heterocycles. The molecule has 1 aliphatic rings. The Kier molecular flexibility index (Phi) is 5.54. The number of carboxylic acids is 1. The fourth-order valence-electron chi connectivity index (χ4n) is 3.60. The lowest BCUT2D eigenvalue weighted by atomic mass is 9.81. The van der Waals surface area contributed by atoms with Gasteiger partial charge in [-0.1, -0.05) is 12.1 Å². The summed E-state index contributed by atoms with van der Waals surface area (Å²) in [6.07, 6.45) is 1.30. The third-order valence-electron chi connectivity index (χ3n) is 4.93. The number of rotatable bonds is 7. The Hall–Kier alpha value is -2.75. The van der Waals surface area contributed by atoms with E-state index in [0.717, 1.165) is 16.7 Å². The van der Waals surface area contributed by atoms with E-state index in [1.165, 1.54) is 6.07 Å². The quantitative estimate of drug-likeness (QED) is 0.733. The van der Waals surface area contributed by atoms with Crippen molar-refractivity contribution in [2.45, 2.75) is 32.0 Å². The number of hydrogen-bond acceptors (Lipinski definition) is 4. The number of ether oxygens (including phenoxy) is 1. The minimum absolute atomic E-state index is 0.0916. The van der Waals surface area contributed by atoms with Crippen LogP contribution < -0.4 is 5.32 Å². The maximum atomic E-state index is 13.8. The predicted molar refractivity (Wildman–Crippen MR) is 97.6 cm³/mol. The maximum absolute atomic E-state index is 13.8. The molecule has 0 aromatic heterocycles. The first kappa shape index (κ1) is 19.0. The molecule has 1 unspecified atom stereocenters. The molecule has 0 saturated heterocycles. The molecule has 1 atom stereocenters. The van der Waals surface area contributed by atoms with Gasteiger partial charge in [0.2, 0.25) is 0 Å². The summed E-state index contributed by atoms with van der Waals surface area (Å²) < 4.78 is 20.0. The number of aliphatic carboxylic acids is 1. The van der Waals surface area contributed by atoms with E-state index in [4.69, 9.17) is 15.1 Å². The third kappa shape index (κ3) is 3.85. The van der Waals surface area contributed by atoms with Crippen LogP contribution in [0.4, 0.5) is 4.39 Å². The van der Waals surface area contributed by atoms with Gasteiger partial charge >= 0.3 is 5.97 Å². The number of nitriles is 1. The number of nitrogens with one attached hydrogen (secondary N) is 1. The first-order valence-electron chi connectivity index (χ1n) is 8.83. The number of nitrogens with zero attached hydrogens (tertiary/aromatic N) is 1. The second kappa shape index (κ2) is 7.87. The van der Waals surface area contributed by atoms with Crippen LogP contribution in [0.1, 0.15) is 40.7 Å². The van der Waals surface area contributed by atoms with Crippen molar-refractivity contribution >= 4 is 5.97 Å². The van der Waals surface area contributed by atoms with Crippen molar-refractivity contribution in [1.82, 2.24) is 5.32 Å². The topological polar surface area (TPSA) is 82.3 Å². The van der Waals surface area contributed by atoms with Gasteiger partial charge in [0.1, 0.15) is 11.4 Å². The third-order valence-corrected chi connectivity index (χ3v) is 4.93. The lowest BCUT2D eigenvalue weighted by Crippen LogP contribution is -2.30. The fraction of sp³-hybridized carbons (Fsp3) is 0.333. The van der Waals surface area contributed by atoms with Crippen molar-refractivity contribution < 1.29 is 19.0 Å². The fourth-order valence-corrected chi connectivity index (χ4v) is 3.60. The Morgan fingerprint density at radius 1 is 1.37 bits per heavy atom. The Morgan fingerprint density at radius 2 is 2.19 bits per heavy atom. The number of carboxylic acid groups (broad SMARTS) is 1. The van der Waals surface area contributed by atoms with E-state index >= 15 is 0 Å². The van der Waals surface area contributed by atoms with Gasteiger partial charge in [-0.25, -0.2) is 4.39 Å². The van der Waals surface area contributed by atoms with E-state index in [1.807, 2.05) is 12.1 Å². The molecule has 0 saturated carbocycles. The minimum atomic E-state index is -0.898. The second-order valence-corrected chi connectivity index (χ2v) is 6.74. The number of fused-ring (bicyclic) bond motifs is 1. The second-order valence-electron chi connectivity index (χ2n) is 6.74. The number of carbonyl (C=O) groups is 1. The summed E-state index contributed by atoms with van der Waals surface area (Å²) in [5.41, 5.74) is 3.18. The van der Waals surface area contributed by atoms with Crippen molar-refractivity contribution in [3.8, 4) is 6.07 Å². The SMILES string of the molecule is Cc1cc(C2(CCCNCC(=O)O)OCc3cc(C#N)ccc32)ccc1F. The summed E-state index contributed by atoms with van der Waals surface area (Å²) in [6.45, 7) is 2.54. The minimum Gasteiger partial charge on any atom is -0.480 e. The molecule has 3 rings (SSSR count). The zero-order chi connectivity index (χ0) is 19.4. The average Bonchev–Trinajstić information content (AvgIpc) is 3.02. The molecule has 2 N–H and O–H groups in total. The molecule has 0 bridgehead atoms.